The average molecular weight is 492 g/mol. The molecule has 1 aromatic carbocycles. The smallest absolute Gasteiger partial charge is 0.255 e. The first-order valence-electron chi connectivity index (χ1n) is 11.3. The quantitative estimate of drug-likeness (QED) is 0.465. The van der Waals surface area contributed by atoms with Crippen LogP contribution in [0.25, 0.3) is 0 Å². The normalized spacial score (nSPS) is 20.6. The summed E-state index contributed by atoms with van der Waals surface area (Å²) >= 11 is 5.86. The van der Waals surface area contributed by atoms with Gasteiger partial charge in [0.2, 0.25) is 10.0 Å². The minimum atomic E-state index is -3.24. The molecule has 0 spiro atoms. The summed E-state index contributed by atoms with van der Waals surface area (Å²) < 4.78 is 54.4. The Morgan fingerprint density at radius 3 is 2.25 bits per heavy atom. The van der Waals surface area contributed by atoms with E-state index in [1.165, 1.54) is 0 Å². The van der Waals surface area contributed by atoms with Gasteiger partial charge in [0.1, 0.15) is 11.6 Å². The SMILES string of the molecule is CCCS(=O)(=O)N1CCN(C2(CNC(=O)c3c(F)ccc(F)c3Cl)CCCCCC2)CC1. The molecule has 1 amide bonds. The van der Waals surface area contributed by atoms with Crippen LogP contribution in [0.4, 0.5) is 8.78 Å². The molecule has 0 radical (unpaired) electrons. The van der Waals surface area contributed by atoms with E-state index in [4.69, 9.17) is 11.6 Å². The van der Waals surface area contributed by atoms with Crippen LogP contribution in [0.5, 0.6) is 0 Å². The highest BCUT2D eigenvalue weighted by Gasteiger charge is 2.40. The van der Waals surface area contributed by atoms with E-state index < -0.39 is 38.2 Å². The van der Waals surface area contributed by atoms with E-state index >= 15 is 0 Å². The molecule has 0 unspecified atom stereocenters. The predicted molar refractivity (Wildman–Crippen MR) is 121 cm³/mol. The number of benzene rings is 1. The van der Waals surface area contributed by atoms with Gasteiger partial charge in [-0.2, -0.15) is 4.31 Å². The fourth-order valence-corrected chi connectivity index (χ4v) is 6.62. The first-order chi connectivity index (χ1) is 15.2. The number of hydrogen-bond donors (Lipinski definition) is 1. The van der Waals surface area contributed by atoms with Crippen molar-refractivity contribution in [1.82, 2.24) is 14.5 Å². The van der Waals surface area contributed by atoms with Gasteiger partial charge in [-0.25, -0.2) is 17.2 Å². The summed E-state index contributed by atoms with van der Waals surface area (Å²) in [6, 6.07) is 1.79. The van der Waals surface area contributed by atoms with Crippen LogP contribution in [0.1, 0.15) is 62.2 Å². The van der Waals surface area contributed by atoms with Crippen molar-refractivity contribution in [2.24, 2.45) is 0 Å². The van der Waals surface area contributed by atoms with E-state index in [1.54, 1.807) is 4.31 Å². The number of amides is 1. The molecule has 2 fully saturated rings. The van der Waals surface area contributed by atoms with Crippen LogP contribution in [0.15, 0.2) is 12.1 Å². The van der Waals surface area contributed by atoms with Gasteiger partial charge in [0, 0.05) is 38.3 Å². The average Bonchev–Trinajstić information content (AvgIpc) is 3.02. The van der Waals surface area contributed by atoms with Crippen LogP contribution in [0.3, 0.4) is 0 Å². The minimum Gasteiger partial charge on any atom is -0.350 e. The molecule has 10 heteroatoms. The van der Waals surface area contributed by atoms with Gasteiger partial charge in [0.25, 0.3) is 5.91 Å². The van der Waals surface area contributed by atoms with Gasteiger partial charge in [-0.05, 0) is 31.4 Å². The lowest BCUT2D eigenvalue weighted by atomic mass is 9.87. The highest BCUT2D eigenvalue weighted by atomic mass is 35.5. The molecule has 3 rings (SSSR count). The number of piperazine rings is 1. The van der Waals surface area contributed by atoms with Crippen molar-refractivity contribution in [2.45, 2.75) is 57.4 Å². The number of carbonyl (C=O) groups excluding carboxylic acids is 1. The van der Waals surface area contributed by atoms with Crippen LogP contribution in [-0.4, -0.2) is 67.5 Å². The monoisotopic (exact) mass is 491 g/mol. The molecule has 0 atom stereocenters. The zero-order valence-corrected chi connectivity index (χ0v) is 20.1. The van der Waals surface area contributed by atoms with Crippen LogP contribution in [-0.2, 0) is 10.0 Å². The van der Waals surface area contributed by atoms with Crippen molar-refractivity contribution in [2.75, 3.05) is 38.5 Å². The van der Waals surface area contributed by atoms with Crippen molar-refractivity contribution in [3.05, 3.63) is 34.4 Å². The van der Waals surface area contributed by atoms with Gasteiger partial charge in [-0.3, -0.25) is 9.69 Å². The van der Waals surface area contributed by atoms with E-state index in [0.717, 1.165) is 50.7 Å². The Morgan fingerprint density at radius 2 is 1.66 bits per heavy atom. The number of nitrogens with one attached hydrogen (secondary N) is 1. The number of sulfonamides is 1. The van der Waals surface area contributed by atoms with E-state index in [9.17, 15) is 22.0 Å². The van der Waals surface area contributed by atoms with Crippen molar-refractivity contribution < 1.29 is 22.0 Å². The minimum absolute atomic E-state index is 0.147. The van der Waals surface area contributed by atoms with E-state index in [1.807, 2.05) is 6.92 Å². The molecule has 0 bridgehead atoms. The molecule has 6 nitrogen and oxygen atoms in total. The summed E-state index contributed by atoms with van der Waals surface area (Å²) in [5, 5.41) is 2.28. The molecule has 1 aliphatic heterocycles. The Balaban J connectivity index is 1.74. The lowest BCUT2D eigenvalue weighted by Crippen LogP contribution is -2.61. The Labute approximate surface area is 194 Å². The number of nitrogens with zero attached hydrogens (tertiary/aromatic N) is 2. The van der Waals surface area contributed by atoms with E-state index in [-0.39, 0.29) is 17.8 Å². The van der Waals surface area contributed by atoms with Crippen LogP contribution in [0.2, 0.25) is 5.02 Å². The number of hydrogen-bond acceptors (Lipinski definition) is 4. The maximum absolute atomic E-state index is 14.2. The molecule has 1 aliphatic carbocycles. The van der Waals surface area contributed by atoms with Gasteiger partial charge in [-0.1, -0.05) is 44.2 Å². The van der Waals surface area contributed by atoms with Crippen LogP contribution < -0.4 is 5.32 Å². The molecular formula is C22H32ClF2N3O3S. The highest BCUT2D eigenvalue weighted by Crippen LogP contribution is 2.34. The van der Waals surface area contributed by atoms with E-state index in [2.05, 4.69) is 10.2 Å². The Morgan fingerprint density at radius 1 is 1.06 bits per heavy atom. The molecule has 32 heavy (non-hydrogen) atoms. The summed E-state index contributed by atoms with van der Waals surface area (Å²) in [5.74, 6) is -2.29. The van der Waals surface area contributed by atoms with Crippen LogP contribution >= 0.6 is 11.6 Å². The second-order valence-electron chi connectivity index (χ2n) is 8.74. The molecule has 0 aromatic heterocycles. The molecule has 1 aromatic rings. The molecule has 1 heterocycles. The standard InChI is InChI=1S/C22H32ClF2N3O3S/c1-2-15-32(30,31)28-13-11-27(12-14-28)22(9-5-3-4-6-10-22)16-26-21(29)19-17(24)7-8-18(25)20(19)23/h7-8H,2-6,9-16H2,1H3,(H,26,29). The Kier molecular flexibility index (Phi) is 8.52. The Hall–Kier alpha value is -1.29. The van der Waals surface area contributed by atoms with Gasteiger partial charge < -0.3 is 5.32 Å². The van der Waals surface area contributed by atoms with Crippen molar-refractivity contribution >= 4 is 27.5 Å². The van der Waals surface area contributed by atoms with Gasteiger partial charge in [-0.15, -0.1) is 0 Å². The fraction of sp³-hybridized carbons (Fsp3) is 0.682. The number of halogens is 3. The maximum Gasteiger partial charge on any atom is 0.255 e. The first kappa shape index (κ1) is 25.3. The largest absolute Gasteiger partial charge is 0.350 e. The zero-order chi connectivity index (χ0) is 23.4. The lowest BCUT2D eigenvalue weighted by Gasteiger charge is -2.47. The highest BCUT2D eigenvalue weighted by molar-refractivity contribution is 7.89. The molecule has 180 valence electrons. The summed E-state index contributed by atoms with van der Waals surface area (Å²) in [4.78, 5) is 15.0. The second-order valence-corrected chi connectivity index (χ2v) is 11.2. The molecular weight excluding hydrogens is 460 g/mol. The number of rotatable bonds is 7. The molecule has 1 N–H and O–H groups in total. The zero-order valence-electron chi connectivity index (χ0n) is 18.5. The summed E-state index contributed by atoms with van der Waals surface area (Å²) in [5.41, 5.74) is -0.825. The third-order valence-corrected chi connectivity index (χ3v) is 9.09. The third kappa shape index (κ3) is 5.61. The summed E-state index contributed by atoms with van der Waals surface area (Å²) in [6.45, 7) is 4.12. The predicted octanol–water partition coefficient (Wildman–Crippen LogP) is 3.80. The van der Waals surface area contributed by atoms with Crippen molar-refractivity contribution in [3.63, 3.8) is 0 Å². The molecule has 1 saturated carbocycles. The second kappa shape index (κ2) is 10.8. The fourth-order valence-electron chi connectivity index (χ4n) is 4.89. The third-order valence-electron chi connectivity index (χ3n) is 6.65. The first-order valence-corrected chi connectivity index (χ1v) is 13.3. The topological polar surface area (TPSA) is 69.7 Å². The van der Waals surface area contributed by atoms with Crippen molar-refractivity contribution in [1.29, 1.82) is 0 Å². The lowest BCUT2D eigenvalue weighted by molar-refractivity contribution is 0.0391. The van der Waals surface area contributed by atoms with Crippen LogP contribution in [0, 0.1) is 11.6 Å². The molecule has 1 saturated heterocycles. The van der Waals surface area contributed by atoms with Gasteiger partial charge >= 0.3 is 0 Å². The van der Waals surface area contributed by atoms with E-state index in [0.29, 0.717) is 32.6 Å². The molecule has 2 aliphatic rings. The number of carbonyl (C=O) groups is 1. The van der Waals surface area contributed by atoms with Gasteiger partial charge in [0.05, 0.1) is 16.3 Å². The summed E-state index contributed by atoms with van der Waals surface area (Å²) in [6.07, 6.45) is 6.49. The maximum atomic E-state index is 14.2. The summed E-state index contributed by atoms with van der Waals surface area (Å²) in [7, 11) is -3.24. The Bertz CT molecular complexity index is 913. The van der Waals surface area contributed by atoms with Gasteiger partial charge in [0.15, 0.2) is 0 Å². The van der Waals surface area contributed by atoms with Crippen molar-refractivity contribution in [3.8, 4) is 0 Å².